The van der Waals surface area contributed by atoms with E-state index in [4.69, 9.17) is 0 Å². The molecule has 1 aliphatic carbocycles. The van der Waals surface area contributed by atoms with Gasteiger partial charge < -0.3 is 5.11 Å². The van der Waals surface area contributed by atoms with Crippen LogP contribution in [0, 0.1) is 12.8 Å². The van der Waals surface area contributed by atoms with E-state index in [1.54, 1.807) is 0 Å². The van der Waals surface area contributed by atoms with Gasteiger partial charge in [-0.2, -0.15) is 0 Å². The Morgan fingerprint density at radius 1 is 1.25 bits per heavy atom. The standard InChI is InChI=1S/C14H18O2/c1-10-6-8-12(9-7-10)13(14(15)16)11-4-2-3-5-11/h6-9,11,13H,2-5H2,1H3,(H,15,16)/t13-/m0/s1. The van der Waals surface area contributed by atoms with Crippen molar-refractivity contribution in [3.63, 3.8) is 0 Å². The number of carboxylic acid groups (broad SMARTS) is 1. The van der Waals surface area contributed by atoms with E-state index in [0.29, 0.717) is 5.92 Å². The molecule has 1 N–H and O–H groups in total. The summed E-state index contributed by atoms with van der Waals surface area (Å²) in [6.45, 7) is 2.02. The number of carboxylic acids is 1. The van der Waals surface area contributed by atoms with Crippen molar-refractivity contribution >= 4 is 5.97 Å². The Morgan fingerprint density at radius 2 is 1.81 bits per heavy atom. The predicted octanol–water partition coefficient (Wildman–Crippen LogP) is 3.35. The molecule has 1 aliphatic rings. The molecule has 0 heterocycles. The van der Waals surface area contributed by atoms with Crippen LogP contribution >= 0.6 is 0 Å². The van der Waals surface area contributed by atoms with Gasteiger partial charge in [-0.05, 0) is 31.2 Å². The van der Waals surface area contributed by atoms with Crippen LogP contribution in [0.15, 0.2) is 24.3 Å². The van der Waals surface area contributed by atoms with Gasteiger partial charge in [-0.3, -0.25) is 4.79 Å². The maximum Gasteiger partial charge on any atom is 0.311 e. The average molecular weight is 218 g/mol. The second-order valence-electron chi connectivity index (χ2n) is 4.77. The second-order valence-corrected chi connectivity index (χ2v) is 4.77. The molecule has 0 unspecified atom stereocenters. The Balaban J connectivity index is 2.24. The zero-order valence-corrected chi connectivity index (χ0v) is 9.65. The Hall–Kier alpha value is -1.31. The number of aliphatic carboxylic acids is 1. The zero-order chi connectivity index (χ0) is 11.5. The predicted molar refractivity (Wildman–Crippen MR) is 63.5 cm³/mol. The van der Waals surface area contributed by atoms with Crippen LogP contribution in [0.3, 0.4) is 0 Å². The van der Waals surface area contributed by atoms with E-state index in [1.165, 1.54) is 18.4 Å². The monoisotopic (exact) mass is 218 g/mol. The third kappa shape index (κ3) is 2.26. The zero-order valence-electron chi connectivity index (χ0n) is 9.65. The molecule has 1 aromatic rings. The summed E-state index contributed by atoms with van der Waals surface area (Å²) >= 11 is 0. The van der Waals surface area contributed by atoms with Crippen LogP contribution in [-0.2, 0) is 4.79 Å². The quantitative estimate of drug-likeness (QED) is 0.844. The van der Waals surface area contributed by atoms with Crippen LogP contribution in [-0.4, -0.2) is 11.1 Å². The first-order valence-corrected chi connectivity index (χ1v) is 5.98. The number of benzene rings is 1. The van der Waals surface area contributed by atoms with Crippen molar-refractivity contribution < 1.29 is 9.90 Å². The van der Waals surface area contributed by atoms with Gasteiger partial charge in [-0.1, -0.05) is 42.7 Å². The lowest BCUT2D eigenvalue weighted by Crippen LogP contribution is -2.19. The molecular weight excluding hydrogens is 200 g/mol. The lowest BCUT2D eigenvalue weighted by atomic mass is 9.85. The number of rotatable bonds is 3. The van der Waals surface area contributed by atoms with Gasteiger partial charge in [0, 0.05) is 0 Å². The van der Waals surface area contributed by atoms with Crippen LogP contribution in [0.1, 0.15) is 42.7 Å². The molecule has 0 spiro atoms. The summed E-state index contributed by atoms with van der Waals surface area (Å²) in [4.78, 5) is 11.4. The van der Waals surface area contributed by atoms with Crippen molar-refractivity contribution in [3.05, 3.63) is 35.4 Å². The molecule has 2 heteroatoms. The highest BCUT2D eigenvalue weighted by molar-refractivity contribution is 5.76. The van der Waals surface area contributed by atoms with Crippen molar-refractivity contribution in [2.45, 2.75) is 38.5 Å². The minimum absolute atomic E-state index is 0.303. The minimum Gasteiger partial charge on any atom is -0.481 e. The average Bonchev–Trinajstić information content (AvgIpc) is 2.74. The fourth-order valence-corrected chi connectivity index (χ4v) is 2.68. The third-order valence-electron chi connectivity index (χ3n) is 3.57. The molecule has 0 bridgehead atoms. The highest BCUT2D eigenvalue weighted by atomic mass is 16.4. The number of aryl methyl sites for hydroxylation is 1. The molecule has 2 nitrogen and oxygen atoms in total. The van der Waals surface area contributed by atoms with E-state index in [1.807, 2.05) is 31.2 Å². The molecule has 1 fully saturated rings. The smallest absolute Gasteiger partial charge is 0.311 e. The lowest BCUT2D eigenvalue weighted by molar-refractivity contribution is -0.140. The van der Waals surface area contributed by atoms with Crippen LogP contribution < -0.4 is 0 Å². The molecule has 0 radical (unpaired) electrons. The van der Waals surface area contributed by atoms with Crippen LogP contribution in [0.25, 0.3) is 0 Å². The molecule has 16 heavy (non-hydrogen) atoms. The summed E-state index contributed by atoms with van der Waals surface area (Å²) in [6.07, 6.45) is 4.48. The molecule has 1 atom stereocenters. The molecule has 0 amide bonds. The van der Waals surface area contributed by atoms with Crippen molar-refractivity contribution in [1.29, 1.82) is 0 Å². The summed E-state index contributed by atoms with van der Waals surface area (Å²) < 4.78 is 0. The van der Waals surface area contributed by atoms with Gasteiger partial charge in [-0.15, -0.1) is 0 Å². The van der Waals surface area contributed by atoms with Crippen LogP contribution in [0.2, 0.25) is 0 Å². The molecule has 0 aliphatic heterocycles. The van der Waals surface area contributed by atoms with Crippen LogP contribution in [0.4, 0.5) is 0 Å². The molecule has 86 valence electrons. The lowest BCUT2D eigenvalue weighted by Gasteiger charge is -2.19. The first kappa shape index (κ1) is 11.2. The normalized spacial score (nSPS) is 18.6. The van der Waals surface area contributed by atoms with E-state index < -0.39 is 5.97 Å². The SMILES string of the molecule is Cc1ccc([C@@H](C(=O)O)C2CCCC2)cc1. The maximum absolute atomic E-state index is 11.4. The van der Waals surface area contributed by atoms with E-state index in [2.05, 4.69) is 0 Å². The number of hydrogen-bond acceptors (Lipinski definition) is 1. The fraction of sp³-hybridized carbons (Fsp3) is 0.500. The minimum atomic E-state index is -0.671. The van der Waals surface area contributed by atoms with Crippen molar-refractivity contribution in [1.82, 2.24) is 0 Å². The largest absolute Gasteiger partial charge is 0.481 e. The Bertz CT molecular complexity index is 361. The van der Waals surface area contributed by atoms with Crippen molar-refractivity contribution in [3.8, 4) is 0 Å². The maximum atomic E-state index is 11.4. The molecule has 2 rings (SSSR count). The first-order chi connectivity index (χ1) is 7.68. The molecular formula is C14H18O2. The highest BCUT2D eigenvalue weighted by Crippen LogP contribution is 2.37. The molecule has 1 saturated carbocycles. The number of carbonyl (C=O) groups is 1. The van der Waals surface area contributed by atoms with Crippen molar-refractivity contribution in [2.24, 2.45) is 5.92 Å². The van der Waals surface area contributed by atoms with Gasteiger partial charge in [-0.25, -0.2) is 0 Å². The topological polar surface area (TPSA) is 37.3 Å². The summed E-state index contributed by atoms with van der Waals surface area (Å²) in [7, 11) is 0. The summed E-state index contributed by atoms with van der Waals surface area (Å²) in [5.41, 5.74) is 2.14. The van der Waals surface area contributed by atoms with Gasteiger partial charge in [0.15, 0.2) is 0 Å². The Labute approximate surface area is 96.3 Å². The highest BCUT2D eigenvalue weighted by Gasteiger charge is 2.31. The van der Waals surface area contributed by atoms with Gasteiger partial charge in [0.1, 0.15) is 0 Å². The van der Waals surface area contributed by atoms with E-state index in [9.17, 15) is 9.90 Å². The summed E-state index contributed by atoms with van der Waals surface area (Å²) in [6, 6.07) is 7.93. The molecule has 0 saturated heterocycles. The first-order valence-electron chi connectivity index (χ1n) is 5.98. The van der Waals surface area contributed by atoms with Gasteiger partial charge in [0.05, 0.1) is 5.92 Å². The number of hydrogen-bond donors (Lipinski definition) is 1. The molecule has 1 aromatic carbocycles. The fourth-order valence-electron chi connectivity index (χ4n) is 2.68. The van der Waals surface area contributed by atoms with Crippen LogP contribution in [0.5, 0.6) is 0 Å². The van der Waals surface area contributed by atoms with Gasteiger partial charge in [0.25, 0.3) is 0 Å². The third-order valence-corrected chi connectivity index (χ3v) is 3.57. The van der Waals surface area contributed by atoms with Gasteiger partial charge >= 0.3 is 5.97 Å². The van der Waals surface area contributed by atoms with Gasteiger partial charge in [0.2, 0.25) is 0 Å². The Kier molecular flexibility index (Phi) is 3.28. The second kappa shape index (κ2) is 4.69. The van der Waals surface area contributed by atoms with Crippen molar-refractivity contribution in [2.75, 3.05) is 0 Å². The summed E-state index contributed by atoms with van der Waals surface area (Å²) in [5, 5.41) is 9.36. The van der Waals surface area contributed by atoms with E-state index >= 15 is 0 Å². The Morgan fingerprint density at radius 3 is 2.31 bits per heavy atom. The summed E-state index contributed by atoms with van der Waals surface area (Å²) in [5.74, 6) is -0.640. The molecule has 0 aromatic heterocycles. The van der Waals surface area contributed by atoms with E-state index in [0.717, 1.165) is 18.4 Å². The van der Waals surface area contributed by atoms with E-state index in [-0.39, 0.29) is 5.92 Å².